The minimum Gasteiger partial charge on any atom is -0.307 e. The van der Waals surface area contributed by atoms with Crippen molar-refractivity contribution in [3.63, 3.8) is 0 Å². The highest BCUT2D eigenvalue weighted by atomic mass is 28.3. The van der Waals surface area contributed by atoms with Gasteiger partial charge in [0.1, 0.15) is 7.05 Å². The average molecular weight is 486 g/mol. The number of pyridine rings is 2. The Morgan fingerprint density at radius 3 is 2.14 bits per heavy atom. The van der Waals surface area contributed by atoms with E-state index in [2.05, 4.69) is 123 Å². The van der Waals surface area contributed by atoms with Crippen LogP contribution < -0.4 is 9.75 Å². The van der Waals surface area contributed by atoms with Crippen LogP contribution in [0.4, 0.5) is 0 Å². The number of hydrogen-bond acceptors (Lipinski definition) is 0. The van der Waals surface area contributed by atoms with Crippen molar-refractivity contribution in [1.82, 2.24) is 4.40 Å². The second-order valence-corrected chi connectivity index (χ2v) is 17.0. The van der Waals surface area contributed by atoms with Crippen LogP contribution >= 0.6 is 0 Å². The summed E-state index contributed by atoms with van der Waals surface area (Å²) in [4.78, 5) is 0. The smallest absolute Gasteiger partial charge is 0.224 e. The molecule has 0 atom stereocenters. The fourth-order valence-electron chi connectivity index (χ4n) is 6.86. The molecular weight excluding hydrogens is 452 g/mol. The normalized spacial score (nSPS) is 13.1. The number of nitrogens with zero attached hydrogens (tertiary/aromatic N) is 2. The van der Waals surface area contributed by atoms with Crippen LogP contribution in [0.25, 0.3) is 59.8 Å². The van der Waals surface area contributed by atoms with Crippen LogP contribution in [0.2, 0.25) is 19.6 Å². The molecule has 36 heavy (non-hydrogen) atoms. The van der Waals surface area contributed by atoms with Crippen molar-refractivity contribution < 1.29 is 4.57 Å². The lowest BCUT2D eigenvalue weighted by Crippen LogP contribution is -2.38. The molecule has 0 amide bonds. The van der Waals surface area contributed by atoms with Crippen molar-refractivity contribution in [3.8, 4) is 0 Å². The van der Waals surface area contributed by atoms with Crippen LogP contribution in [0.15, 0.2) is 66.9 Å². The van der Waals surface area contributed by atoms with E-state index in [1.54, 1.807) is 5.19 Å². The predicted molar refractivity (Wildman–Crippen MR) is 159 cm³/mol. The van der Waals surface area contributed by atoms with Crippen LogP contribution in [0.1, 0.15) is 30.9 Å². The minimum atomic E-state index is -1.63. The van der Waals surface area contributed by atoms with Crippen LogP contribution in [-0.4, -0.2) is 12.5 Å². The van der Waals surface area contributed by atoms with Gasteiger partial charge in [0.2, 0.25) is 5.52 Å². The number of rotatable bonds is 2. The van der Waals surface area contributed by atoms with Gasteiger partial charge in [0.25, 0.3) is 0 Å². The third kappa shape index (κ3) is 2.59. The lowest BCUT2D eigenvalue weighted by atomic mass is 9.88. The quantitative estimate of drug-likeness (QED) is 0.102. The predicted octanol–water partition coefficient (Wildman–Crippen LogP) is 7.94. The lowest BCUT2D eigenvalue weighted by Gasteiger charge is -2.23. The van der Waals surface area contributed by atoms with E-state index in [0.29, 0.717) is 5.92 Å². The molecule has 3 heteroatoms. The lowest BCUT2D eigenvalue weighted by molar-refractivity contribution is -0.643. The molecule has 0 aliphatic heterocycles. The molecule has 0 N–H and O–H groups in total. The first-order valence-corrected chi connectivity index (χ1v) is 16.6. The Kier molecular flexibility index (Phi) is 4.29. The third-order valence-corrected chi connectivity index (χ3v) is 10.4. The van der Waals surface area contributed by atoms with E-state index in [1.165, 1.54) is 70.9 Å². The number of para-hydroxylation sites is 1. The maximum Gasteiger partial charge on any atom is 0.224 e. The van der Waals surface area contributed by atoms with Crippen molar-refractivity contribution in [1.29, 1.82) is 0 Å². The summed E-state index contributed by atoms with van der Waals surface area (Å²) < 4.78 is 5.01. The molecule has 3 aromatic heterocycles. The topological polar surface area (TPSA) is 8.29 Å². The summed E-state index contributed by atoms with van der Waals surface area (Å²) in [5.41, 5.74) is 8.30. The molecule has 2 nitrogen and oxygen atoms in total. The molecule has 3 heterocycles. The van der Waals surface area contributed by atoms with Gasteiger partial charge in [-0.3, -0.25) is 0 Å². The molecular formula is C33H33N2Si+. The molecule has 0 aliphatic rings. The molecule has 0 aliphatic carbocycles. The molecule has 0 unspecified atom stereocenters. The number of benzene rings is 4. The van der Waals surface area contributed by atoms with Crippen molar-refractivity contribution in [2.75, 3.05) is 0 Å². The van der Waals surface area contributed by atoms with Gasteiger partial charge in [-0.2, -0.15) is 0 Å². The molecule has 0 radical (unpaired) electrons. The summed E-state index contributed by atoms with van der Waals surface area (Å²) >= 11 is 0. The summed E-state index contributed by atoms with van der Waals surface area (Å²) in [5.74, 6) is 0.395. The SMILES string of the molecule is Cc1c2ccccc2c(C(C)C)c2c1c1c3c(cc[n+]1C)cc([Si](C)(C)C)c1c4ccccc4n2c13. The van der Waals surface area contributed by atoms with Gasteiger partial charge in [0, 0.05) is 16.8 Å². The zero-order chi connectivity index (χ0) is 25.1. The van der Waals surface area contributed by atoms with E-state index < -0.39 is 8.07 Å². The third-order valence-electron chi connectivity index (χ3n) is 8.37. The fraction of sp³-hybridized carbons (Fsp3) is 0.242. The molecule has 0 fully saturated rings. The first-order chi connectivity index (χ1) is 17.2. The summed E-state index contributed by atoms with van der Waals surface area (Å²) in [6.07, 6.45) is 2.27. The number of aryl methyl sites for hydroxylation is 2. The molecule has 4 aromatic carbocycles. The summed E-state index contributed by atoms with van der Waals surface area (Å²) in [7, 11) is 0.594. The molecule has 7 rings (SSSR count). The summed E-state index contributed by atoms with van der Waals surface area (Å²) in [6.45, 7) is 14.5. The monoisotopic (exact) mass is 485 g/mol. The zero-order valence-corrected chi connectivity index (χ0v) is 23.3. The Balaban J connectivity index is 2.00. The minimum absolute atomic E-state index is 0.395. The second-order valence-electron chi connectivity index (χ2n) is 12.0. The maximum absolute atomic E-state index is 2.65. The highest BCUT2D eigenvalue weighted by Crippen LogP contribution is 2.45. The van der Waals surface area contributed by atoms with Gasteiger partial charge < -0.3 is 4.40 Å². The summed E-state index contributed by atoms with van der Waals surface area (Å²) in [6, 6.07) is 23.0. The van der Waals surface area contributed by atoms with E-state index >= 15 is 0 Å². The Morgan fingerprint density at radius 1 is 0.778 bits per heavy atom. The summed E-state index contributed by atoms with van der Waals surface area (Å²) in [5, 5.41) is 11.3. The molecule has 178 valence electrons. The average Bonchev–Trinajstić information content (AvgIpc) is 3.19. The van der Waals surface area contributed by atoms with E-state index in [0.717, 1.165) is 0 Å². The van der Waals surface area contributed by atoms with Gasteiger partial charge in [-0.05, 0) is 51.4 Å². The van der Waals surface area contributed by atoms with Crippen LogP contribution in [0.3, 0.4) is 0 Å². The van der Waals surface area contributed by atoms with Gasteiger partial charge in [-0.1, -0.05) is 82.0 Å². The van der Waals surface area contributed by atoms with Crippen molar-refractivity contribution >= 4 is 73.0 Å². The Labute approximate surface area is 213 Å². The van der Waals surface area contributed by atoms with E-state index in [1.807, 2.05) is 0 Å². The number of fused-ring (bicyclic) bond motifs is 7. The van der Waals surface area contributed by atoms with Gasteiger partial charge in [0.15, 0.2) is 6.20 Å². The molecule has 0 spiro atoms. The van der Waals surface area contributed by atoms with E-state index in [9.17, 15) is 0 Å². The van der Waals surface area contributed by atoms with Crippen LogP contribution in [0.5, 0.6) is 0 Å². The van der Waals surface area contributed by atoms with Gasteiger partial charge in [-0.25, -0.2) is 4.57 Å². The van der Waals surface area contributed by atoms with Crippen LogP contribution in [-0.2, 0) is 7.05 Å². The standard InChI is InChI=1S/C33H33N2Si/c1-19(2)27-23-13-9-8-12-22(23)20(3)28-31-29-21(16-17-34(31)4)18-26(36(5,6)7)30-24-14-10-11-15-25(24)35(32(27)28)33(29)30/h8-19H,1-7H3/q+1. The Morgan fingerprint density at radius 2 is 1.44 bits per heavy atom. The van der Waals surface area contributed by atoms with Crippen molar-refractivity contribution in [2.24, 2.45) is 7.05 Å². The Bertz CT molecular complexity index is 2020. The van der Waals surface area contributed by atoms with Crippen molar-refractivity contribution in [3.05, 3.63) is 78.0 Å². The first-order valence-electron chi connectivity index (χ1n) is 13.1. The maximum atomic E-state index is 2.65. The number of aromatic nitrogens is 2. The van der Waals surface area contributed by atoms with Crippen LogP contribution in [0, 0.1) is 6.92 Å². The van der Waals surface area contributed by atoms with Crippen molar-refractivity contribution in [2.45, 2.75) is 46.3 Å². The second kappa shape index (κ2) is 7.07. The zero-order valence-electron chi connectivity index (χ0n) is 22.3. The molecule has 0 bridgehead atoms. The molecule has 0 saturated carbocycles. The largest absolute Gasteiger partial charge is 0.307 e. The van der Waals surface area contributed by atoms with Gasteiger partial charge >= 0.3 is 0 Å². The fourth-order valence-corrected chi connectivity index (χ4v) is 8.45. The van der Waals surface area contributed by atoms with Gasteiger partial charge in [0.05, 0.1) is 35.4 Å². The Hall–Kier alpha value is -3.43. The highest BCUT2D eigenvalue weighted by molar-refractivity contribution is 6.91. The van der Waals surface area contributed by atoms with E-state index in [-0.39, 0.29) is 0 Å². The molecule has 0 saturated heterocycles. The van der Waals surface area contributed by atoms with E-state index in [4.69, 9.17) is 0 Å². The number of hydrogen-bond donors (Lipinski definition) is 0. The first kappa shape index (κ1) is 21.8. The molecule has 7 aromatic rings. The van der Waals surface area contributed by atoms with Gasteiger partial charge in [-0.15, -0.1) is 0 Å². The highest BCUT2D eigenvalue weighted by Gasteiger charge is 2.31.